The maximum atomic E-state index is 13.1. The van der Waals surface area contributed by atoms with E-state index in [2.05, 4.69) is 43.5 Å². The fourth-order valence-electron chi connectivity index (χ4n) is 4.36. The monoisotopic (exact) mass is 344 g/mol. The van der Waals surface area contributed by atoms with Crippen LogP contribution in [0.1, 0.15) is 52.9 Å². The number of hydrogen-bond donors (Lipinski definition) is 0. The zero-order valence-electron chi connectivity index (χ0n) is 16.0. The summed E-state index contributed by atoms with van der Waals surface area (Å²) in [6, 6.07) is 2.27. The maximum absolute atomic E-state index is 13.1. The first-order chi connectivity index (χ1) is 11.9. The Bertz CT molecular complexity index is 559. The van der Waals surface area contributed by atoms with E-state index in [1.807, 2.05) is 13.0 Å². The molecule has 2 rings (SSSR count). The number of rotatable bonds is 7. The molecule has 2 unspecified atom stereocenters. The van der Waals surface area contributed by atoms with E-state index in [1.54, 1.807) is 0 Å². The molecule has 1 saturated heterocycles. The third kappa shape index (κ3) is 3.53. The smallest absolute Gasteiger partial charge is 0.329 e. The van der Waals surface area contributed by atoms with E-state index in [0.29, 0.717) is 12.5 Å². The highest BCUT2D eigenvalue weighted by Crippen LogP contribution is 2.54. The maximum Gasteiger partial charge on any atom is 0.329 e. The van der Waals surface area contributed by atoms with Gasteiger partial charge in [-0.15, -0.1) is 6.58 Å². The van der Waals surface area contributed by atoms with Gasteiger partial charge in [-0.05, 0) is 58.0 Å². The molecule has 1 aliphatic carbocycles. The van der Waals surface area contributed by atoms with Gasteiger partial charge < -0.3 is 4.74 Å². The van der Waals surface area contributed by atoms with Gasteiger partial charge in [-0.3, -0.25) is 9.69 Å². The molecule has 0 amide bonds. The second-order valence-corrected chi connectivity index (χ2v) is 7.77. The SMILES string of the molecule is C=CC(C)CC[C@@]1(C)CC=CC(N2CCCC2)[C@@]1(C#N)C(=O)OCC. The van der Waals surface area contributed by atoms with Gasteiger partial charge in [-0.1, -0.05) is 32.1 Å². The highest BCUT2D eigenvalue weighted by Gasteiger charge is 2.61. The molecule has 4 nitrogen and oxygen atoms in total. The van der Waals surface area contributed by atoms with Crippen LogP contribution in [0.3, 0.4) is 0 Å². The minimum atomic E-state index is -1.15. The Morgan fingerprint density at radius 1 is 1.52 bits per heavy atom. The fraction of sp³-hybridized carbons (Fsp3) is 0.714. The molecule has 4 heteroatoms. The molecule has 25 heavy (non-hydrogen) atoms. The van der Waals surface area contributed by atoms with Crippen LogP contribution in [0.25, 0.3) is 0 Å². The summed E-state index contributed by atoms with van der Waals surface area (Å²) in [5.74, 6) is 0.0130. The number of esters is 1. The summed E-state index contributed by atoms with van der Waals surface area (Å²) in [6.07, 6.45) is 10.9. The van der Waals surface area contributed by atoms with Crippen LogP contribution in [0, 0.1) is 28.1 Å². The Morgan fingerprint density at radius 2 is 2.20 bits per heavy atom. The lowest BCUT2D eigenvalue weighted by atomic mass is 9.54. The molecule has 0 saturated carbocycles. The van der Waals surface area contributed by atoms with E-state index >= 15 is 0 Å². The summed E-state index contributed by atoms with van der Waals surface area (Å²) < 4.78 is 5.45. The van der Waals surface area contributed by atoms with Crippen molar-refractivity contribution in [2.45, 2.75) is 58.9 Å². The quantitative estimate of drug-likeness (QED) is 0.515. The van der Waals surface area contributed by atoms with Gasteiger partial charge >= 0.3 is 5.97 Å². The van der Waals surface area contributed by atoms with Crippen molar-refractivity contribution in [3.8, 4) is 6.07 Å². The fourth-order valence-corrected chi connectivity index (χ4v) is 4.36. The van der Waals surface area contributed by atoms with Crippen molar-refractivity contribution in [1.29, 1.82) is 5.26 Å². The molecule has 0 aromatic carbocycles. The largest absolute Gasteiger partial charge is 0.465 e. The highest BCUT2D eigenvalue weighted by molar-refractivity contribution is 5.83. The first-order valence-corrected chi connectivity index (χ1v) is 9.57. The molecule has 1 heterocycles. The predicted octanol–water partition coefficient (Wildman–Crippen LogP) is 4.09. The van der Waals surface area contributed by atoms with E-state index in [1.165, 1.54) is 0 Å². The van der Waals surface area contributed by atoms with E-state index in [0.717, 1.165) is 45.2 Å². The van der Waals surface area contributed by atoms with Gasteiger partial charge in [0, 0.05) is 5.41 Å². The summed E-state index contributed by atoms with van der Waals surface area (Å²) in [5.41, 5.74) is -1.59. The molecule has 0 radical (unpaired) electrons. The average molecular weight is 344 g/mol. The molecular formula is C21H32N2O2. The van der Waals surface area contributed by atoms with Crippen molar-refractivity contribution < 1.29 is 9.53 Å². The van der Waals surface area contributed by atoms with Crippen molar-refractivity contribution in [3.05, 3.63) is 24.8 Å². The number of nitrogens with zero attached hydrogens (tertiary/aromatic N) is 2. The standard InChI is InChI=1S/C21H32N2O2/c1-5-17(3)11-13-20(4)12-9-10-18(23-14-7-8-15-23)21(20,16-22)19(24)25-6-2/h5,9-10,17-18H,1,6-8,11-15H2,2-4H3/t17?,18?,20-,21+/m1/s1. The number of carbonyl (C=O) groups is 1. The number of likely N-dealkylation sites (tertiary alicyclic amines) is 1. The van der Waals surface area contributed by atoms with Gasteiger partial charge in [0.2, 0.25) is 0 Å². The van der Waals surface area contributed by atoms with E-state index in [4.69, 9.17) is 4.74 Å². The molecule has 138 valence electrons. The van der Waals surface area contributed by atoms with Crippen molar-refractivity contribution in [2.24, 2.45) is 16.7 Å². The van der Waals surface area contributed by atoms with Gasteiger partial charge in [0.15, 0.2) is 5.41 Å². The Morgan fingerprint density at radius 3 is 2.76 bits per heavy atom. The van der Waals surface area contributed by atoms with E-state index in [9.17, 15) is 10.1 Å². The predicted molar refractivity (Wildman–Crippen MR) is 99.7 cm³/mol. The van der Waals surface area contributed by atoms with Crippen molar-refractivity contribution in [1.82, 2.24) is 4.90 Å². The Labute approximate surface area is 152 Å². The second kappa shape index (κ2) is 8.19. The number of carbonyl (C=O) groups excluding carboxylic acids is 1. The zero-order chi connectivity index (χ0) is 18.5. The van der Waals surface area contributed by atoms with Gasteiger partial charge in [0.1, 0.15) is 0 Å². The van der Waals surface area contributed by atoms with Crippen LogP contribution < -0.4 is 0 Å². The third-order valence-electron chi connectivity index (χ3n) is 6.14. The molecule has 1 fully saturated rings. The van der Waals surface area contributed by atoms with E-state index < -0.39 is 10.8 Å². The van der Waals surface area contributed by atoms with Crippen LogP contribution in [0.15, 0.2) is 24.8 Å². The molecule has 0 spiro atoms. The Balaban J connectivity index is 2.45. The highest BCUT2D eigenvalue weighted by atomic mass is 16.5. The van der Waals surface area contributed by atoms with Gasteiger partial charge in [0.25, 0.3) is 0 Å². The lowest BCUT2D eigenvalue weighted by Crippen LogP contribution is -2.60. The zero-order valence-corrected chi connectivity index (χ0v) is 16.0. The molecular weight excluding hydrogens is 312 g/mol. The summed E-state index contributed by atoms with van der Waals surface area (Å²) in [4.78, 5) is 15.4. The van der Waals surface area contributed by atoms with Crippen LogP contribution in [0.2, 0.25) is 0 Å². The Kier molecular flexibility index (Phi) is 6.46. The molecule has 1 aliphatic heterocycles. The second-order valence-electron chi connectivity index (χ2n) is 7.77. The molecule has 2 aliphatic rings. The summed E-state index contributed by atoms with van der Waals surface area (Å²) in [6.45, 7) is 12.1. The molecule has 4 atom stereocenters. The molecule has 0 aromatic heterocycles. The van der Waals surface area contributed by atoms with Crippen LogP contribution in [-0.4, -0.2) is 36.6 Å². The Hall–Kier alpha value is -1.60. The minimum absolute atomic E-state index is 0.197. The minimum Gasteiger partial charge on any atom is -0.465 e. The average Bonchev–Trinajstić information content (AvgIpc) is 3.14. The van der Waals surface area contributed by atoms with Crippen LogP contribution in [0.4, 0.5) is 0 Å². The van der Waals surface area contributed by atoms with Crippen LogP contribution in [-0.2, 0) is 9.53 Å². The molecule has 0 N–H and O–H groups in total. The third-order valence-corrected chi connectivity index (χ3v) is 6.14. The summed E-state index contributed by atoms with van der Waals surface area (Å²) in [5, 5.41) is 10.3. The molecule has 0 aromatic rings. The number of ether oxygens (including phenoxy) is 1. The van der Waals surface area contributed by atoms with Crippen molar-refractivity contribution in [2.75, 3.05) is 19.7 Å². The topological polar surface area (TPSA) is 53.3 Å². The van der Waals surface area contributed by atoms with Gasteiger partial charge in [-0.2, -0.15) is 5.26 Å². The molecule has 0 bridgehead atoms. The number of nitriles is 1. The van der Waals surface area contributed by atoms with Gasteiger partial charge in [0.05, 0.1) is 18.7 Å². The van der Waals surface area contributed by atoms with Crippen molar-refractivity contribution in [3.63, 3.8) is 0 Å². The first kappa shape index (κ1) is 19.7. The normalized spacial score (nSPS) is 33.6. The lowest BCUT2D eigenvalue weighted by molar-refractivity contribution is -0.164. The lowest BCUT2D eigenvalue weighted by Gasteiger charge is -2.50. The van der Waals surface area contributed by atoms with E-state index in [-0.39, 0.29) is 12.0 Å². The van der Waals surface area contributed by atoms with Crippen LogP contribution in [0.5, 0.6) is 0 Å². The number of hydrogen-bond acceptors (Lipinski definition) is 4. The summed E-state index contributed by atoms with van der Waals surface area (Å²) in [7, 11) is 0. The first-order valence-electron chi connectivity index (χ1n) is 9.57. The summed E-state index contributed by atoms with van der Waals surface area (Å²) >= 11 is 0. The van der Waals surface area contributed by atoms with Gasteiger partial charge in [-0.25, -0.2) is 0 Å². The van der Waals surface area contributed by atoms with Crippen LogP contribution >= 0.6 is 0 Å². The number of allylic oxidation sites excluding steroid dienone is 2. The van der Waals surface area contributed by atoms with Crippen molar-refractivity contribution >= 4 is 5.97 Å².